The highest BCUT2D eigenvalue weighted by Gasteiger charge is 2.34. The van der Waals surface area contributed by atoms with Crippen LogP contribution in [0.15, 0.2) is 42.5 Å². The molecule has 1 saturated heterocycles. The quantitative estimate of drug-likeness (QED) is 0.718. The van der Waals surface area contributed by atoms with E-state index in [1.165, 1.54) is 0 Å². The van der Waals surface area contributed by atoms with Crippen LogP contribution in [0.2, 0.25) is 0 Å². The third-order valence-electron chi connectivity index (χ3n) is 5.56. The molecule has 0 spiro atoms. The number of nitrogens with zero attached hydrogens (tertiary/aromatic N) is 1. The first-order chi connectivity index (χ1) is 14.0. The van der Waals surface area contributed by atoms with Gasteiger partial charge >= 0.3 is 5.97 Å². The molecule has 1 aliphatic rings. The van der Waals surface area contributed by atoms with E-state index in [0.717, 1.165) is 29.2 Å². The van der Waals surface area contributed by atoms with E-state index in [0.29, 0.717) is 25.8 Å². The largest absolute Gasteiger partial charge is 0.481 e. The molecule has 154 valence electrons. The van der Waals surface area contributed by atoms with E-state index in [-0.39, 0.29) is 18.4 Å². The van der Waals surface area contributed by atoms with E-state index in [1.807, 2.05) is 49.4 Å². The molecule has 0 aromatic heterocycles. The zero-order valence-corrected chi connectivity index (χ0v) is 16.8. The summed E-state index contributed by atoms with van der Waals surface area (Å²) >= 11 is 0. The van der Waals surface area contributed by atoms with Crippen LogP contribution in [0.4, 0.5) is 0 Å². The van der Waals surface area contributed by atoms with Crippen LogP contribution in [0.3, 0.4) is 0 Å². The number of hydrogen-bond donors (Lipinski definition) is 2. The fourth-order valence-corrected chi connectivity index (χ4v) is 4.02. The van der Waals surface area contributed by atoms with Crippen molar-refractivity contribution < 1.29 is 19.5 Å². The second-order valence-electron chi connectivity index (χ2n) is 7.62. The van der Waals surface area contributed by atoms with Gasteiger partial charge < -0.3 is 15.3 Å². The van der Waals surface area contributed by atoms with Crippen molar-refractivity contribution in [2.75, 3.05) is 13.1 Å². The Morgan fingerprint density at radius 1 is 1.17 bits per heavy atom. The summed E-state index contributed by atoms with van der Waals surface area (Å²) in [6.07, 6.45) is 2.94. The molecule has 0 aliphatic carbocycles. The molecule has 0 saturated carbocycles. The Balaban J connectivity index is 1.66. The molecule has 3 rings (SSSR count). The average molecular weight is 396 g/mol. The fourth-order valence-electron chi connectivity index (χ4n) is 4.02. The standard InChI is InChI=1S/C23H28N2O4/c1-2-7-21(26)25-13-6-12-20(25)22(27)24-15-18(23(28)29)14-17-10-5-9-16-8-3-4-11-19(16)17/h3-5,8-11,18,20H,2,6-7,12-15H2,1H3,(H,24,27)(H,28,29). The Kier molecular flexibility index (Phi) is 6.86. The van der Waals surface area contributed by atoms with Gasteiger partial charge in [0.2, 0.25) is 11.8 Å². The molecule has 6 nitrogen and oxygen atoms in total. The first-order valence-corrected chi connectivity index (χ1v) is 10.3. The maximum Gasteiger partial charge on any atom is 0.308 e. The summed E-state index contributed by atoms with van der Waals surface area (Å²) in [5.41, 5.74) is 0.949. The lowest BCUT2D eigenvalue weighted by atomic mass is 9.94. The number of rotatable bonds is 8. The number of hydrogen-bond acceptors (Lipinski definition) is 3. The van der Waals surface area contributed by atoms with Gasteiger partial charge in [0.15, 0.2) is 0 Å². The normalized spacial score (nSPS) is 17.3. The van der Waals surface area contributed by atoms with Crippen LogP contribution < -0.4 is 5.32 Å². The summed E-state index contributed by atoms with van der Waals surface area (Å²) in [5.74, 6) is -1.93. The van der Waals surface area contributed by atoms with E-state index in [9.17, 15) is 19.5 Å². The molecule has 0 bridgehead atoms. The summed E-state index contributed by atoms with van der Waals surface area (Å²) in [5, 5.41) is 14.6. The highest BCUT2D eigenvalue weighted by Crippen LogP contribution is 2.22. The maximum atomic E-state index is 12.7. The Labute approximate surface area is 170 Å². The van der Waals surface area contributed by atoms with Crippen molar-refractivity contribution in [1.29, 1.82) is 0 Å². The van der Waals surface area contributed by atoms with Gasteiger partial charge in [-0.3, -0.25) is 14.4 Å². The van der Waals surface area contributed by atoms with E-state index in [4.69, 9.17) is 0 Å². The molecule has 1 heterocycles. The van der Waals surface area contributed by atoms with Gasteiger partial charge in [0.25, 0.3) is 0 Å². The monoisotopic (exact) mass is 396 g/mol. The van der Waals surface area contributed by atoms with E-state index in [1.54, 1.807) is 4.90 Å². The molecule has 2 amide bonds. The Morgan fingerprint density at radius 2 is 1.93 bits per heavy atom. The Bertz CT molecular complexity index is 890. The fraction of sp³-hybridized carbons (Fsp3) is 0.435. The maximum absolute atomic E-state index is 12.7. The summed E-state index contributed by atoms with van der Waals surface area (Å²) in [7, 11) is 0. The molecule has 1 aliphatic heterocycles. The van der Waals surface area contributed by atoms with E-state index >= 15 is 0 Å². The van der Waals surface area contributed by atoms with Crippen LogP contribution in [0.5, 0.6) is 0 Å². The predicted octanol–water partition coefficient (Wildman–Crippen LogP) is 2.99. The first kappa shape index (κ1) is 20.8. The number of carboxylic acids is 1. The van der Waals surface area contributed by atoms with Crippen LogP contribution in [0.25, 0.3) is 10.8 Å². The number of fused-ring (bicyclic) bond motifs is 1. The van der Waals surface area contributed by atoms with E-state index < -0.39 is 17.9 Å². The van der Waals surface area contributed by atoms with Crippen molar-refractivity contribution in [3.63, 3.8) is 0 Å². The number of nitrogens with one attached hydrogen (secondary N) is 1. The number of amides is 2. The molecular weight excluding hydrogens is 368 g/mol. The van der Waals surface area contributed by atoms with Gasteiger partial charge in [-0.15, -0.1) is 0 Å². The molecule has 1 fully saturated rings. The van der Waals surface area contributed by atoms with Gasteiger partial charge in [0.05, 0.1) is 5.92 Å². The Hall–Kier alpha value is -2.89. The van der Waals surface area contributed by atoms with Gasteiger partial charge in [-0.2, -0.15) is 0 Å². The molecule has 29 heavy (non-hydrogen) atoms. The molecule has 2 aromatic rings. The molecule has 6 heteroatoms. The lowest BCUT2D eigenvalue weighted by Gasteiger charge is -2.24. The van der Waals surface area contributed by atoms with Crippen LogP contribution in [-0.4, -0.2) is 46.9 Å². The van der Waals surface area contributed by atoms with Crippen molar-refractivity contribution in [2.45, 2.75) is 45.1 Å². The Morgan fingerprint density at radius 3 is 2.69 bits per heavy atom. The number of aliphatic carboxylic acids is 1. The van der Waals surface area contributed by atoms with Gasteiger partial charge in [0, 0.05) is 19.5 Å². The molecule has 2 N–H and O–H groups in total. The molecule has 2 aromatic carbocycles. The number of carbonyl (C=O) groups excluding carboxylic acids is 2. The summed E-state index contributed by atoms with van der Waals surface area (Å²) in [6, 6.07) is 13.2. The second kappa shape index (κ2) is 9.54. The van der Waals surface area contributed by atoms with Crippen molar-refractivity contribution in [2.24, 2.45) is 5.92 Å². The van der Waals surface area contributed by atoms with E-state index in [2.05, 4.69) is 5.32 Å². The minimum atomic E-state index is -0.941. The predicted molar refractivity (Wildman–Crippen MR) is 111 cm³/mol. The van der Waals surface area contributed by atoms with Crippen LogP contribution in [-0.2, 0) is 20.8 Å². The minimum absolute atomic E-state index is 0.00399. The van der Waals surface area contributed by atoms with Crippen LogP contribution in [0, 0.1) is 5.92 Å². The van der Waals surface area contributed by atoms with Crippen molar-refractivity contribution in [1.82, 2.24) is 10.2 Å². The summed E-state index contributed by atoms with van der Waals surface area (Å²) in [6.45, 7) is 2.58. The number of carboxylic acid groups (broad SMARTS) is 1. The first-order valence-electron chi connectivity index (χ1n) is 10.3. The molecule has 2 atom stereocenters. The average Bonchev–Trinajstić information content (AvgIpc) is 3.21. The SMILES string of the molecule is CCCC(=O)N1CCCC1C(=O)NCC(Cc1cccc2ccccc12)C(=O)O. The summed E-state index contributed by atoms with van der Waals surface area (Å²) < 4.78 is 0. The van der Waals surface area contributed by atoms with Gasteiger partial charge in [0.1, 0.15) is 6.04 Å². The molecule has 0 radical (unpaired) electrons. The zero-order valence-electron chi connectivity index (χ0n) is 16.8. The number of likely N-dealkylation sites (tertiary alicyclic amines) is 1. The van der Waals surface area contributed by atoms with Gasteiger partial charge in [-0.1, -0.05) is 49.4 Å². The minimum Gasteiger partial charge on any atom is -0.481 e. The number of carbonyl (C=O) groups is 3. The topological polar surface area (TPSA) is 86.7 Å². The molecule has 2 unspecified atom stereocenters. The third-order valence-corrected chi connectivity index (χ3v) is 5.56. The van der Waals surface area contributed by atoms with Crippen molar-refractivity contribution >= 4 is 28.6 Å². The van der Waals surface area contributed by atoms with Crippen molar-refractivity contribution in [3.05, 3.63) is 48.0 Å². The zero-order chi connectivity index (χ0) is 20.8. The third kappa shape index (κ3) is 4.94. The summed E-state index contributed by atoms with van der Waals surface area (Å²) in [4.78, 5) is 38.3. The number of benzene rings is 2. The van der Waals surface area contributed by atoms with Crippen molar-refractivity contribution in [3.8, 4) is 0 Å². The van der Waals surface area contributed by atoms with Crippen LogP contribution >= 0.6 is 0 Å². The lowest BCUT2D eigenvalue weighted by Crippen LogP contribution is -2.47. The second-order valence-corrected chi connectivity index (χ2v) is 7.62. The highest BCUT2D eigenvalue weighted by atomic mass is 16.4. The highest BCUT2D eigenvalue weighted by molar-refractivity contribution is 5.89. The smallest absolute Gasteiger partial charge is 0.308 e. The van der Waals surface area contributed by atoms with Gasteiger partial charge in [-0.25, -0.2) is 0 Å². The van der Waals surface area contributed by atoms with Crippen LogP contribution in [0.1, 0.15) is 38.2 Å². The van der Waals surface area contributed by atoms with Gasteiger partial charge in [-0.05, 0) is 42.0 Å². The molecular formula is C23H28N2O4. The lowest BCUT2D eigenvalue weighted by molar-refractivity contribution is -0.142.